The molecule has 2 N–H and O–H groups in total. The molecule has 0 spiro atoms. The van der Waals surface area contributed by atoms with Gasteiger partial charge < -0.3 is 14.8 Å². The highest BCUT2D eigenvalue weighted by molar-refractivity contribution is 6.60. The molecule has 0 radical (unpaired) electrons. The Balaban J connectivity index is 1.88. The Kier molecular flexibility index (Phi) is 4.86. The highest BCUT2D eigenvalue weighted by atomic mass is 16.5. The molecule has 0 saturated carbocycles. The van der Waals surface area contributed by atoms with Gasteiger partial charge in [-0.2, -0.15) is 5.10 Å². The Morgan fingerprint density at radius 3 is 2.90 bits per heavy atom. The molecule has 0 unspecified atom stereocenters. The van der Waals surface area contributed by atoms with E-state index in [9.17, 15) is 4.79 Å². The fraction of sp³-hybridized carbons (Fsp3) is 0.250. The van der Waals surface area contributed by atoms with Gasteiger partial charge in [-0.1, -0.05) is 6.07 Å². The lowest BCUT2D eigenvalue weighted by molar-refractivity contribution is 0.112. The highest BCUT2D eigenvalue weighted by Gasteiger charge is 2.16. The van der Waals surface area contributed by atoms with Crippen LogP contribution in [0.5, 0.6) is 5.75 Å². The van der Waals surface area contributed by atoms with Crippen LogP contribution in [-0.2, 0) is 6.54 Å². The van der Waals surface area contributed by atoms with Gasteiger partial charge in [-0.15, -0.1) is 0 Å². The van der Waals surface area contributed by atoms with Crippen molar-refractivity contribution in [2.75, 3.05) is 6.61 Å². The second kappa shape index (κ2) is 6.83. The number of benzene rings is 1. The Bertz CT molecular complexity index is 560. The fourth-order valence-corrected chi connectivity index (χ4v) is 1.74. The van der Waals surface area contributed by atoms with E-state index in [1.165, 1.54) is 18.5 Å². The van der Waals surface area contributed by atoms with Gasteiger partial charge in [0.05, 0.1) is 6.61 Å². The number of aldehydes is 1. The lowest BCUT2D eigenvalue weighted by atomic mass is 9.77. The van der Waals surface area contributed by atoms with E-state index in [2.05, 4.69) is 10.1 Å². The summed E-state index contributed by atoms with van der Waals surface area (Å²) in [6.45, 7) is 1.15. The van der Waals surface area contributed by atoms with Crippen LogP contribution in [0.1, 0.15) is 16.8 Å². The third kappa shape index (κ3) is 3.66. The van der Waals surface area contributed by atoms with Crippen LogP contribution in [0.15, 0.2) is 30.9 Å². The SMILES string of the molecule is O=Cc1cc(OCCCn2cncn2)ccc1B(O)O. The maximum absolute atomic E-state index is 10.9. The molecule has 0 atom stereocenters. The number of ether oxygens (including phenoxy) is 1. The van der Waals surface area contributed by atoms with Crippen molar-refractivity contribution in [1.82, 2.24) is 14.8 Å². The van der Waals surface area contributed by atoms with Gasteiger partial charge in [-0.3, -0.25) is 9.48 Å². The van der Waals surface area contributed by atoms with Crippen LogP contribution in [-0.4, -0.2) is 44.8 Å². The molecule has 0 fully saturated rings. The topological polar surface area (TPSA) is 97.5 Å². The zero-order chi connectivity index (χ0) is 14.4. The summed E-state index contributed by atoms with van der Waals surface area (Å²) in [6, 6.07) is 4.54. The Hall–Kier alpha value is -2.19. The van der Waals surface area contributed by atoms with Crippen molar-refractivity contribution in [3.63, 3.8) is 0 Å². The molecule has 2 rings (SSSR count). The Morgan fingerprint density at radius 1 is 1.40 bits per heavy atom. The van der Waals surface area contributed by atoms with Crippen LogP contribution in [0.3, 0.4) is 0 Å². The van der Waals surface area contributed by atoms with Gasteiger partial charge in [-0.05, 0) is 17.6 Å². The molecule has 7 nitrogen and oxygen atoms in total. The van der Waals surface area contributed by atoms with Crippen LogP contribution in [0.4, 0.5) is 0 Å². The largest absolute Gasteiger partial charge is 0.494 e. The molecule has 0 saturated heterocycles. The third-order valence-corrected chi connectivity index (χ3v) is 2.73. The first-order chi connectivity index (χ1) is 9.70. The van der Waals surface area contributed by atoms with Gasteiger partial charge in [0.15, 0.2) is 0 Å². The summed E-state index contributed by atoms with van der Waals surface area (Å²) in [5.41, 5.74) is 0.365. The summed E-state index contributed by atoms with van der Waals surface area (Å²) in [7, 11) is -1.67. The first-order valence-corrected chi connectivity index (χ1v) is 6.11. The standard InChI is InChI=1S/C12H14BN3O4/c17-7-10-6-11(2-3-12(10)13(18)19)20-5-1-4-16-9-14-8-15-16/h2-3,6-9,18-19H,1,4-5H2. The summed E-state index contributed by atoms with van der Waals surface area (Å²) >= 11 is 0. The van der Waals surface area contributed by atoms with Crippen LogP contribution >= 0.6 is 0 Å². The minimum atomic E-state index is -1.67. The Morgan fingerprint density at radius 2 is 2.25 bits per heavy atom. The zero-order valence-electron chi connectivity index (χ0n) is 10.7. The van der Waals surface area contributed by atoms with Gasteiger partial charge in [0, 0.05) is 18.5 Å². The molecule has 0 bridgehead atoms. The van der Waals surface area contributed by atoms with Gasteiger partial charge in [-0.25, -0.2) is 4.98 Å². The second-order valence-electron chi connectivity index (χ2n) is 4.14. The number of rotatable bonds is 7. The molecule has 20 heavy (non-hydrogen) atoms. The molecular weight excluding hydrogens is 261 g/mol. The van der Waals surface area contributed by atoms with E-state index < -0.39 is 7.12 Å². The Labute approximate surface area is 116 Å². The van der Waals surface area contributed by atoms with E-state index >= 15 is 0 Å². The van der Waals surface area contributed by atoms with Gasteiger partial charge in [0.2, 0.25) is 0 Å². The van der Waals surface area contributed by atoms with Crippen molar-refractivity contribution in [3.05, 3.63) is 36.4 Å². The molecule has 0 aliphatic rings. The average Bonchev–Trinajstić information content (AvgIpc) is 2.96. The molecule has 1 heterocycles. The lowest BCUT2D eigenvalue weighted by Crippen LogP contribution is -2.32. The molecule has 1 aromatic heterocycles. The van der Waals surface area contributed by atoms with E-state index in [1.807, 2.05) is 0 Å². The molecule has 2 aromatic rings. The summed E-state index contributed by atoms with van der Waals surface area (Å²) in [6.07, 6.45) is 4.40. The van der Waals surface area contributed by atoms with E-state index in [4.69, 9.17) is 14.8 Å². The molecule has 0 amide bonds. The van der Waals surface area contributed by atoms with Crippen molar-refractivity contribution in [3.8, 4) is 5.75 Å². The van der Waals surface area contributed by atoms with Crippen molar-refractivity contribution in [2.45, 2.75) is 13.0 Å². The summed E-state index contributed by atoms with van der Waals surface area (Å²) < 4.78 is 7.20. The quantitative estimate of drug-likeness (QED) is 0.391. The van der Waals surface area contributed by atoms with Crippen molar-refractivity contribution in [2.24, 2.45) is 0 Å². The zero-order valence-corrected chi connectivity index (χ0v) is 10.7. The first kappa shape index (κ1) is 14.2. The predicted octanol–water partition coefficient (Wildman–Crippen LogP) is -0.760. The third-order valence-electron chi connectivity index (χ3n) is 2.73. The normalized spacial score (nSPS) is 10.3. The second-order valence-corrected chi connectivity index (χ2v) is 4.14. The van der Waals surface area contributed by atoms with Crippen molar-refractivity contribution < 1.29 is 19.6 Å². The monoisotopic (exact) mass is 275 g/mol. The van der Waals surface area contributed by atoms with E-state index in [1.54, 1.807) is 17.1 Å². The van der Waals surface area contributed by atoms with Gasteiger partial charge in [0.25, 0.3) is 0 Å². The summed E-state index contributed by atoms with van der Waals surface area (Å²) in [5.74, 6) is 0.509. The number of carbonyl (C=O) groups is 1. The molecule has 0 aliphatic heterocycles. The molecule has 0 aliphatic carbocycles. The van der Waals surface area contributed by atoms with Gasteiger partial charge >= 0.3 is 7.12 Å². The summed E-state index contributed by atoms with van der Waals surface area (Å²) in [5, 5.41) is 22.1. The van der Waals surface area contributed by atoms with Crippen LogP contribution < -0.4 is 10.2 Å². The maximum atomic E-state index is 10.9. The van der Waals surface area contributed by atoms with Crippen LogP contribution in [0.25, 0.3) is 0 Å². The average molecular weight is 275 g/mol. The molecule has 1 aromatic carbocycles. The molecular formula is C12H14BN3O4. The van der Waals surface area contributed by atoms with E-state index in [0.29, 0.717) is 25.2 Å². The predicted molar refractivity (Wildman–Crippen MR) is 71.8 cm³/mol. The number of aromatic nitrogens is 3. The minimum absolute atomic E-state index is 0.162. The number of hydrogen-bond donors (Lipinski definition) is 2. The van der Waals surface area contributed by atoms with Crippen molar-refractivity contribution >= 4 is 18.9 Å². The first-order valence-electron chi connectivity index (χ1n) is 6.11. The van der Waals surface area contributed by atoms with Crippen molar-refractivity contribution in [1.29, 1.82) is 0 Å². The number of hydrogen-bond acceptors (Lipinski definition) is 6. The molecule has 8 heteroatoms. The number of aryl methyl sites for hydroxylation is 1. The number of nitrogens with zero attached hydrogens (tertiary/aromatic N) is 3. The van der Waals surface area contributed by atoms with E-state index in [0.717, 1.165) is 6.42 Å². The van der Waals surface area contributed by atoms with Crippen LogP contribution in [0.2, 0.25) is 0 Å². The molecule has 104 valence electrons. The minimum Gasteiger partial charge on any atom is -0.494 e. The van der Waals surface area contributed by atoms with E-state index in [-0.39, 0.29) is 11.0 Å². The lowest BCUT2D eigenvalue weighted by Gasteiger charge is -2.09. The number of carbonyl (C=O) groups excluding carboxylic acids is 1. The fourth-order valence-electron chi connectivity index (χ4n) is 1.74. The smallest absolute Gasteiger partial charge is 0.489 e. The summed E-state index contributed by atoms with van der Waals surface area (Å²) in [4.78, 5) is 14.7. The maximum Gasteiger partial charge on any atom is 0.489 e. The van der Waals surface area contributed by atoms with Crippen LogP contribution in [0, 0.1) is 0 Å². The highest BCUT2D eigenvalue weighted by Crippen LogP contribution is 2.11. The van der Waals surface area contributed by atoms with Gasteiger partial charge in [0.1, 0.15) is 24.7 Å².